The minimum Gasteiger partial charge on any atom is -0.459 e. The molecule has 2 aromatic carbocycles. The molecule has 0 aliphatic carbocycles. The van der Waals surface area contributed by atoms with Crippen molar-refractivity contribution in [3.8, 4) is 0 Å². The highest BCUT2D eigenvalue weighted by Crippen LogP contribution is 2.25. The molecule has 6 nitrogen and oxygen atoms in total. The zero-order chi connectivity index (χ0) is 17.8. The van der Waals surface area contributed by atoms with Gasteiger partial charge in [-0.05, 0) is 17.7 Å². The first-order valence-electron chi connectivity index (χ1n) is 7.90. The molecule has 0 saturated carbocycles. The molecule has 3 rings (SSSR count). The molecule has 0 saturated heterocycles. The van der Waals surface area contributed by atoms with E-state index in [1.54, 1.807) is 31.3 Å². The van der Waals surface area contributed by atoms with Crippen molar-refractivity contribution in [3.63, 3.8) is 0 Å². The lowest BCUT2D eigenvalue weighted by Crippen LogP contribution is -2.40. The lowest BCUT2D eigenvalue weighted by atomic mass is 10.1. The SMILES string of the molecule is CN1CC(=O)N(CC(=O)OCc2ccccc2)c2ccccc2C1=O. The van der Waals surface area contributed by atoms with E-state index in [1.807, 2.05) is 30.3 Å². The Bertz CT molecular complexity index is 804. The van der Waals surface area contributed by atoms with Crippen LogP contribution in [0.15, 0.2) is 54.6 Å². The van der Waals surface area contributed by atoms with E-state index in [-0.39, 0.29) is 31.5 Å². The van der Waals surface area contributed by atoms with Gasteiger partial charge in [-0.1, -0.05) is 42.5 Å². The van der Waals surface area contributed by atoms with Crippen molar-refractivity contribution in [3.05, 3.63) is 65.7 Å². The van der Waals surface area contributed by atoms with Gasteiger partial charge in [-0.15, -0.1) is 0 Å². The highest BCUT2D eigenvalue weighted by molar-refractivity contribution is 6.10. The maximum absolute atomic E-state index is 12.5. The summed E-state index contributed by atoms with van der Waals surface area (Å²) in [6, 6.07) is 16.1. The third-order valence-corrected chi connectivity index (χ3v) is 3.98. The number of hydrogen-bond donors (Lipinski definition) is 0. The number of amides is 2. The molecule has 0 spiro atoms. The molecule has 1 aliphatic heterocycles. The fourth-order valence-electron chi connectivity index (χ4n) is 2.68. The lowest BCUT2D eigenvalue weighted by molar-refractivity contribution is -0.144. The Morgan fingerprint density at radius 2 is 1.72 bits per heavy atom. The first-order chi connectivity index (χ1) is 12.1. The Hall–Kier alpha value is -3.15. The predicted molar refractivity (Wildman–Crippen MR) is 92.0 cm³/mol. The number of benzene rings is 2. The van der Waals surface area contributed by atoms with Crippen LogP contribution in [0, 0.1) is 0 Å². The van der Waals surface area contributed by atoms with Gasteiger partial charge in [-0.3, -0.25) is 19.3 Å². The molecule has 2 aromatic rings. The van der Waals surface area contributed by atoms with Crippen molar-refractivity contribution < 1.29 is 19.1 Å². The van der Waals surface area contributed by atoms with Crippen molar-refractivity contribution in [2.75, 3.05) is 25.0 Å². The number of fused-ring (bicyclic) bond motifs is 1. The largest absolute Gasteiger partial charge is 0.459 e. The number of rotatable bonds is 4. The summed E-state index contributed by atoms with van der Waals surface area (Å²) < 4.78 is 5.26. The van der Waals surface area contributed by atoms with E-state index >= 15 is 0 Å². The van der Waals surface area contributed by atoms with E-state index in [0.29, 0.717) is 11.3 Å². The average molecular weight is 338 g/mol. The molecular weight excluding hydrogens is 320 g/mol. The van der Waals surface area contributed by atoms with Crippen LogP contribution in [0.4, 0.5) is 5.69 Å². The monoisotopic (exact) mass is 338 g/mol. The van der Waals surface area contributed by atoms with Gasteiger partial charge in [0.2, 0.25) is 5.91 Å². The molecule has 0 atom stereocenters. The molecule has 0 unspecified atom stereocenters. The van der Waals surface area contributed by atoms with Gasteiger partial charge in [-0.2, -0.15) is 0 Å². The quantitative estimate of drug-likeness (QED) is 0.798. The van der Waals surface area contributed by atoms with E-state index in [4.69, 9.17) is 4.74 Å². The summed E-state index contributed by atoms with van der Waals surface area (Å²) in [5.74, 6) is -1.09. The molecule has 2 amide bonds. The second-order valence-electron chi connectivity index (χ2n) is 5.80. The van der Waals surface area contributed by atoms with Gasteiger partial charge >= 0.3 is 5.97 Å². The molecule has 25 heavy (non-hydrogen) atoms. The molecular formula is C19H18N2O4. The second kappa shape index (κ2) is 7.17. The topological polar surface area (TPSA) is 66.9 Å². The van der Waals surface area contributed by atoms with Crippen LogP contribution in [0.2, 0.25) is 0 Å². The predicted octanol–water partition coefficient (Wildman–Crippen LogP) is 1.85. The fourth-order valence-corrected chi connectivity index (χ4v) is 2.68. The summed E-state index contributed by atoms with van der Waals surface area (Å²) in [7, 11) is 1.56. The molecule has 0 bridgehead atoms. The standard InChI is InChI=1S/C19H18N2O4/c1-20-11-17(22)21(16-10-6-5-9-15(16)19(20)24)12-18(23)25-13-14-7-3-2-4-8-14/h2-10H,11-13H2,1H3. The Labute approximate surface area is 145 Å². The van der Waals surface area contributed by atoms with Gasteiger partial charge in [0.1, 0.15) is 19.7 Å². The van der Waals surface area contributed by atoms with Gasteiger partial charge < -0.3 is 9.64 Å². The number of nitrogens with zero attached hydrogens (tertiary/aromatic N) is 2. The summed E-state index contributed by atoms with van der Waals surface area (Å²) in [6.07, 6.45) is 0. The van der Waals surface area contributed by atoms with Crippen LogP contribution in [-0.2, 0) is 20.9 Å². The van der Waals surface area contributed by atoms with Gasteiger partial charge in [0.25, 0.3) is 5.91 Å². The molecule has 0 aromatic heterocycles. The number of carbonyl (C=O) groups is 3. The van der Waals surface area contributed by atoms with Gasteiger partial charge in [-0.25, -0.2) is 0 Å². The van der Waals surface area contributed by atoms with E-state index in [0.717, 1.165) is 5.56 Å². The maximum atomic E-state index is 12.5. The number of ether oxygens (including phenoxy) is 1. The number of esters is 1. The molecule has 0 fully saturated rings. The van der Waals surface area contributed by atoms with Crippen molar-refractivity contribution in [2.45, 2.75) is 6.61 Å². The van der Waals surface area contributed by atoms with Crippen molar-refractivity contribution in [1.29, 1.82) is 0 Å². The van der Waals surface area contributed by atoms with E-state index < -0.39 is 5.97 Å². The van der Waals surface area contributed by atoms with Crippen LogP contribution >= 0.6 is 0 Å². The third-order valence-electron chi connectivity index (χ3n) is 3.98. The lowest BCUT2D eigenvalue weighted by Gasteiger charge is -2.21. The zero-order valence-electron chi connectivity index (χ0n) is 13.8. The molecule has 6 heteroatoms. The highest BCUT2D eigenvalue weighted by Gasteiger charge is 2.30. The summed E-state index contributed by atoms with van der Waals surface area (Å²) in [4.78, 5) is 39.7. The Balaban J connectivity index is 1.76. The molecule has 128 valence electrons. The van der Waals surface area contributed by atoms with Crippen LogP contribution in [0.3, 0.4) is 0 Å². The van der Waals surface area contributed by atoms with Crippen LogP contribution in [0.5, 0.6) is 0 Å². The maximum Gasteiger partial charge on any atom is 0.326 e. The number of anilines is 1. The summed E-state index contributed by atoms with van der Waals surface area (Å²) in [5.41, 5.74) is 1.69. The molecule has 1 aliphatic rings. The Morgan fingerprint density at radius 3 is 2.48 bits per heavy atom. The van der Waals surface area contributed by atoms with Crippen LogP contribution in [-0.4, -0.2) is 42.8 Å². The zero-order valence-corrected chi connectivity index (χ0v) is 13.8. The minimum absolute atomic E-state index is 0.0839. The van der Waals surface area contributed by atoms with Crippen LogP contribution < -0.4 is 4.90 Å². The highest BCUT2D eigenvalue weighted by atomic mass is 16.5. The Kier molecular flexibility index (Phi) is 4.79. The number of carbonyl (C=O) groups excluding carboxylic acids is 3. The summed E-state index contributed by atoms with van der Waals surface area (Å²) in [6.45, 7) is -0.175. The normalized spacial score (nSPS) is 14.1. The van der Waals surface area contributed by atoms with Crippen LogP contribution in [0.25, 0.3) is 0 Å². The number of likely N-dealkylation sites (N-methyl/N-ethyl adjacent to an activating group) is 1. The van der Waals surface area contributed by atoms with Crippen molar-refractivity contribution >= 4 is 23.5 Å². The first kappa shape index (κ1) is 16.7. The number of para-hydroxylation sites is 1. The average Bonchev–Trinajstić information content (AvgIpc) is 2.72. The molecule has 0 N–H and O–H groups in total. The Morgan fingerprint density at radius 1 is 1.04 bits per heavy atom. The minimum atomic E-state index is -0.524. The van der Waals surface area contributed by atoms with Gasteiger partial charge in [0.15, 0.2) is 0 Å². The van der Waals surface area contributed by atoms with E-state index in [2.05, 4.69) is 0 Å². The summed E-state index contributed by atoms with van der Waals surface area (Å²) >= 11 is 0. The van der Waals surface area contributed by atoms with Gasteiger partial charge in [0, 0.05) is 7.05 Å². The van der Waals surface area contributed by atoms with E-state index in [1.165, 1.54) is 9.80 Å². The first-order valence-corrected chi connectivity index (χ1v) is 7.90. The summed E-state index contributed by atoms with van der Waals surface area (Å²) in [5, 5.41) is 0. The van der Waals surface area contributed by atoms with Crippen molar-refractivity contribution in [1.82, 2.24) is 4.90 Å². The molecule has 0 radical (unpaired) electrons. The fraction of sp³-hybridized carbons (Fsp3) is 0.211. The third kappa shape index (κ3) is 3.68. The number of hydrogen-bond acceptors (Lipinski definition) is 4. The van der Waals surface area contributed by atoms with E-state index in [9.17, 15) is 14.4 Å². The smallest absolute Gasteiger partial charge is 0.326 e. The van der Waals surface area contributed by atoms with Crippen LogP contribution in [0.1, 0.15) is 15.9 Å². The molecule has 1 heterocycles. The second-order valence-corrected chi connectivity index (χ2v) is 5.80. The van der Waals surface area contributed by atoms with Gasteiger partial charge in [0.05, 0.1) is 11.3 Å². The van der Waals surface area contributed by atoms with Crippen molar-refractivity contribution in [2.24, 2.45) is 0 Å².